The third kappa shape index (κ3) is 6.91. The van der Waals surface area contributed by atoms with Crippen LogP contribution in [0.15, 0.2) is 112 Å². The quantitative estimate of drug-likeness (QED) is 0.195. The average Bonchev–Trinajstić information content (AvgIpc) is 3.52. The van der Waals surface area contributed by atoms with Crippen LogP contribution in [0, 0.1) is 11.6 Å². The number of rotatable bonds is 7. The van der Waals surface area contributed by atoms with E-state index in [1.165, 1.54) is 72.0 Å². The van der Waals surface area contributed by atoms with Crippen molar-refractivity contribution >= 4 is 43.9 Å². The van der Waals surface area contributed by atoms with Gasteiger partial charge in [0.25, 0.3) is 0 Å². The summed E-state index contributed by atoms with van der Waals surface area (Å²) in [5, 5.41) is 5.54. The maximum Gasteiger partial charge on any atom is 0.323 e. The largest absolute Gasteiger partial charge is 0.323 e. The monoisotopic (exact) mass is 664 g/mol. The second-order valence-corrected chi connectivity index (χ2v) is 13.7. The highest BCUT2D eigenvalue weighted by molar-refractivity contribution is 7.91. The molecule has 12 heteroatoms. The first-order valence-corrected chi connectivity index (χ1v) is 16.8. The summed E-state index contributed by atoms with van der Waals surface area (Å²) in [4.78, 5) is 21.9. The van der Waals surface area contributed by atoms with Gasteiger partial charge in [0.05, 0.1) is 21.5 Å². The molecule has 1 aromatic heterocycles. The van der Waals surface area contributed by atoms with Crippen LogP contribution < -0.4 is 5.32 Å². The first-order valence-electron chi connectivity index (χ1n) is 14.0. The summed E-state index contributed by atoms with van der Waals surface area (Å²) in [6.45, 7) is 2.02. The van der Waals surface area contributed by atoms with Crippen LogP contribution in [0.5, 0.6) is 0 Å². The van der Waals surface area contributed by atoms with Crippen molar-refractivity contribution in [1.82, 2.24) is 14.8 Å². The van der Waals surface area contributed by atoms with Gasteiger partial charge in [-0.1, -0.05) is 48.0 Å². The molecule has 0 spiro atoms. The van der Waals surface area contributed by atoms with Crippen molar-refractivity contribution in [3.8, 4) is 11.3 Å². The maximum atomic E-state index is 13.6. The Kier molecular flexibility index (Phi) is 8.95. The Labute approximate surface area is 268 Å². The minimum atomic E-state index is -3.70. The average molecular weight is 665 g/mol. The van der Waals surface area contributed by atoms with Crippen LogP contribution >= 0.6 is 22.9 Å². The van der Waals surface area contributed by atoms with Crippen molar-refractivity contribution in [2.45, 2.75) is 15.8 Å². The normalized spacial score (nSPS) is 14.1. The fourth-order valence-electron chi connectivity index (χ4n) is 5.28. The Morgan fingerprint density at radius 1 is 0.778 bits per heavy atom. The molecule has 0 saturated carbocycles. The number of carbonyl (C=O) groups is 1. The van der Waals surface area contributed by atoms with Crippen LogP contribution in [-0.2, 0) is 9.84 Å². The smallest absolute Gasteiger partial charge is 0.322 e. The van der Waals surface area contributed by atoms with Crippen LogP contribution in [0.3, 0.4) is 0 Å². The van der Waals surface area contributed by atoms with E-state index in [-0.39, 0.29) is 33.5 Å². The van der Waals surface area contributed by atoms with Crippen LogP contribution in [-0.4, -0.2) is 55.4 Å². The predicted molar refractivity (Wildman–Crippen MR) is 171 cm³/mol. The number of nitrogens with one attached hydrogen (secondary N) is 1. The van der Waals surface area contributed by atoms with Gasteiger partial charge >= 0.3 is 6.03 Å². The minimum absolute atomic E-state index is 0.151. The summed E-state index contributed by atoms with van der Waals surface area (Å²) in [6, 6.07) is 24.5. The zero-order chi connectivity index (χ0) is 31.6. The summed E-state index contributed by atoms with van der Waals surface area (Å²) in [7, 11) is -3.70. The molecule has 0 radical (unpaired) electrons. The lowest BCUT2D eigenvalue weighted by molar-refractivity contribution is 0.126. The number of hydrogen-bond acceptors (Lipinski definition) is 6. The van der Waals surface area contributed by atoms with Crippen molar-refractivity contribution < 1.29 is 22.0 Å². The molecule has 0 unspecified atom stereocenters. The number of anilines is 1. The molecular weight excluding hydrogens is 638 g/mol. The standard InChI is InChI=1S/C33H27ClF2N4O3S2/c34-25-7-15-29(16-8-25)45(42,43)28-13-5-22(6-14-28)30-21-44-32(37-30)38-33(41)40-19-17-39(18-20-40)31(23-1-9-26(35)10-2-23)24-3-11-27(36)12-4-24/h1-16,21,31H,17-20H2,(H,37,38,41). The van der Waals surface area contributed by atoms with Gasteiger partial charge in [0.1, 0.15) is 11.6 Å². The van der Waals surface area contributed by atoms with Crippen molar-refractivity contribution in [2.24, 2.45) is 0 Å². The fraction of sp³-hybridized carbons (Fsp3) is 0.152. The predicted octanol–water partition coefficient (Wildman–Crippen LogP) is 7.51. The number of urea groups is 1. The van der Waals surface area contributed by atoms with Crippen molar-refractivity contribution in [3.05, 3.63) is 130 Å². The fourth-order valence-corrected chi connectivity index (χ4v) is 7.37. The van der Waals surface area contributed by atoms with E-state index in [1.54, 1.807) is 46.7 Å². The molecule has 1 aliphatic rings. The number of piperazine rings is 1. The second kappa shape index (κ2) is 13.1. The van der Waals surface area contributed by atoms with Crippen molar-refractivity contribution in [2.75, 3.05) is 31.5 Å². The summed E-state index contributed by atoms with van der Waals surface area (Å²) in [5.41, 5.74) is 3.08. The number of carbonyl (C=O) groups excluding carboxylic acids is 1. The molecule has 7 nitrogen and oxygen atoms in total. The van der Waals surface area contributed by atoms with E-state index >= 15 is 0 Å². The lowest BCUT2D eigenvalue weighted by atomic mass is 9.96. The highest BCUT2D eigenvalue weighted by Crippen LogP contribution is 2.31. The molecule has 4 aromatic carbocycles. The van der Waals surface area contributed by atoms with Gasteiger partial charge in [-0.15, -0.1) is 11.3 Å². The molecule has 0 atom stereocenters. The van der Waals surface area contributed by atoms with E-state index in [2.05, 4.69) is 15.2 Å². The summed E-state index contributed by atoms with van der Waals surface area (Å²) >= 11 is 7.17. The molecule has 1 aliphatic heterocycles. The first-order chi connectivity index (χ1) is 21.7. The molecule has 230 valence electrons. The molecule has 2 heterocycles. The van der Waals surface area contributed by atoms with Crippen LogP contribution in [0.2, 0.25) is 5.02 Å². The molecule has 1 N–H and O–H groups in total. The van der Waals surface area contributed by atoms with E-state index in [4.69, 9.17) is 11.6 Å². The van der Waals surface area contributed by atoms with E-state index in [9.17, 15) is 22.0 Å². The van der Waals surface area contributed by atoms with Crippen LogP contribution in [0.1, 0.15) is 17.2 Å². The highest BCUT2D eigenvalue weighted by Gasteiger charge is 2.29. The number of amides is 2. The number of hydrogen-bond donors (Lipinski definition) is 1. The van der Waals surface area contributed by atoms with Gasteiger partial charge in [0, 0.05) is 42.1 Å². The zero-order valence-electron chi connectivity index (χ0n) is 23.7. The third-order valence-electron chi connectivity index (χ3n) is 7.64. The van der Waals surface area contributed by atoms with Crippen molar-refractivity contribution in [3.63, 3.8) is 0 Å². The summed E-state index contributed by atoms with van der Waals surface area (Å²) in [5.74, 6) is -0.662. The Hall–Kier alpha value is -4.16. The molecule has 5 aromatic rings. The van der Waals surface area contributed by atoms with Gasteiger partial charge in [0.15, 0.2) is 5.13 Å². The molecule has 45 heavy (non-hydrogen) atoms. The SMILES string of the molecule is O=C(Nc1nc(-c2ccc(S(=O)(=O)c3ccc(Cl)cc3)cc2)cs1)N1CCN(C(c2ccc(F)cc2)c2ccc(F)cc2)CC1. The second-order valence-electron chi connectivity index (χ2n) is 10.5. The lowest BCUT2D eigenvalue weighted by Gasteiger charge is -2.39. The van der Waals surface area contributed by atoms with Gasteiger partial charge < -0.3 is 4.90 Å². The number of thiazole rings is 1. The molecule has 1 saturated heterocycles. The lowest BCUT2D eigenvalue weighted by Crippen LogP contribution is -2.51. The van der Waals surface area contributed by atoms with E-state index in [0.717, 1.165) is 11.1 Å². The van der Waals surface area contributed by atoms with E-state index in [0.29, 0.717) is 47.6 Å². The van der Waals surface area contributed by atoms with Crippen LogP contribution in [0.4, 0.5) is 18.7 Å². The van der Waals surface area contributed by atoms with Gasteiger partial charge in [-0.2, -0.15) is 0 Å². The first kappa shape index (κ1) is 30.8. The molecular formula is C33H27ClF2N4O3S2. The van der Waals surface area contributed by atoms with E-state index < -0.39 is 9.84 Å². The Morgan fingerprint density at radius 3 is 1.82 bits per heavy atom. The minimum Gasteiger partial charge on any atom is -0.322 e. The molecule has 0 aliphatic carbocycles. The molecule has 1 fully saturated rings. The molecule has 2 amide bonds. The number of benzene rings is 4. The highest BCUT2D eigenvalue weighted by atomic mass is 35.5. The Bertz CT molecular complexity index is 1850. The molecule has 0 bridgehead atoms. The van der Waals surface area contributed by atoms with Gasteiger partial charge in [-0.05, 0) is 71.8 Å². The number of nitrogens with zero attached hydrogens (tertiary/aromatic N) is 3. The Balaban J connectivity index is 1.09. The van der Waals surface area contributed by atoms with Gasteiger partial charge in [-0.25, -0.2) is 27.0 Å². The van der Waals surface area contributed by atoms with E-state index in [1.807, 2.05) is 0 Å². The van der Waals surface area contributed by atoms with Crippen molar-refractivity contribution in [1.29, 1.82) is 0 Å². The number of sulfone groups is 1. The Morgan fingerprint density at radius 2 is 1.29 bits per heavy atom. The number of aromatic nitrogens is 1. The van der Waals surface area contributed by atoms with Gasteiger partial charge in [-0.3, -0.25) is 10.2 Å². The number of halogens is 3. The molecule has 6 rings (SSSR count). The zero-order valence-corrected chi connectivity index (χ0v) is 26.1. The van der Waals surface area contributed by atoms with Crippen LogP contribution in [0.25, 0.3) is 11.3 Å². The summed E-state index contributed by atoms with van der Waals surface area (Å²) < 4.78 is 53.2. The summed E-state index contributed by atoms with van der Waals surface area (Å²) in [6.07, 6.45) is 0. The topological polar surface area (TPSA) is 82.6 Å². The maximum absolute atomic E-state index is 13.6. The third-order valence-corrected chi connectivity index (χ3v) is 10.4. The van der Waals surface area contributed by atoms with Gasteiger partial charge in [0.2, 0.25) is 9.84 Å².